The van der Waals surface area contributed by atoms with Crippen LogP contribution < -0.4 is 10.6 Å². The van der Waals surface area contributed by atoms with Gasteiger partial charge in [-0.05, 0) is 25.5 Å². The van der Waals surface area contributed by atoms with Gasteiger partial charge >= 0.3 is 0 Å². The quantitative estimate of drug-likeness (QED) is 0.651. The minimum absolute atomic E-state index is 0. The van der Waals surface area contributed by atoms with E-state index in [2.05, 4.69) is 15.6 Å². The number of hydrogen-bond acceptors (Lipinski definition) is 3. The number of carbonyl (C=O) groups is 1. The normalized spacial score (nSPS) is 9.94. The van der Waals surface area contributed by atoms with Crippen molar-refractivity contribution < 1.29 is 9.53 Å². The first-order valence-corrected chi connectivity index (χ1v) is 5.79. The maximum absolute atomic E-state index is 11.8. The second-order valence-corrected chi connectivity index (χ2v) is 4.01. The fourth-order valence-corrected chi connectivity index (χ4v) is 1.62. The van der Waals surface area contributed by atoms with E-state index in [9.17, 15) is 4.79 Å². The molecule has 1 aromatic rings. The fraction of sp³-hybridized carbons (Fsp3) is 0.583. The lowest BCUT2D eigenvalue weighted by atomic mass is 10.2. The lowest BCUT2D eigenvalue weighted by Crippen LogP contribution is -2.33. The summed E-state index contributed by atoms with van der Waals surface area (Å²) in [6.45, 7) is 6.70. The molecule has 1 heterocycles. The highest BCUT2D eigenvalue weighted by Gasteiger charge is 2.10. The van der Waals surface area contributed by atoms with Gasteiger partial charge in [0.1, 0.15) is 5.69 Å². The summed E-state index contributed by atoms with van der Waals surface area (Å²) in [5.74, 6) is -0.0517. The fourth-order valence-electron chi connectivity index (χ4n) is 1.62. The summed E-state index contributed by atoms with van der Waals surface area (Å²) in [6, 6.07) is 1.96. The summed E-state index contributed by atoms with van der Waals surface area (Å²) in [6.07, 6.45) is 0. The largest absolute Gasteiger partial charge is 0.383 e. The minimum Gasteiger partial charge on any atom is -0.383 e. The molecule has 0 aromatic carbocycles. The molecule has 1 rings (SSSR count). The Balaban J connectivity index is 0.00000289. The van der Waals surface area contributed by atoms with Gasteiger partial charge in [-0.25, -0.2) is 0 Å². The van der Waals surface area contributed by atoms with Crippen molar-refractivity contribution in [3.63, 3.8) is 0 Å². The van der Waals surface area contributed by atoms with E-state index in [4.69, 9.17) is 4.74 Å². The topological polar surface area (TPSA) is 66.2 Å². The van der Waals surface area contributed by atoms with Crippen LogP contribution in [0.25, 0.3) is 0 Å². The molecule has 1 amide bonds. The predicted octanol–water partition coefficient (Wildman–Crippen LogP) is 1.02. The van der Waals surface area contributed by atoms with Crippen molar-refractivity contribution in [3.8, 4) is 0 Å². The molecular formula is C12H22ClN3O2. The van der Waals surface area contributed by atoms with Gasteiger partial charge in [-0.15, -0.1) is 12.4 Å². The SMILES string of the molecule is COCCNCCNC(=O)c1[nH]c(C)cc1C.Cl. The van der Waals surface area contributed by atoms with Crippen LogP contribution >= 0.6 is 12.4 Å². The summed E-state index contributed by atoms with van der Waals surface area (Å²) < 4.78 is 4.90. The number of carbonyl (C=O) groups excluding carboxylic acids is 1. The van der Waals surface area contributed by atoms with E-state index in [0.717, 1.165) is 24.3 Å². The Morgan fingerprint density at radius 1 is 1.33 bits per heavy atom. The number of amides is 1. The lowest BCUT2D eigenvalue weighted by Gasteiger charge is -2.06. The molecule has 0 aliphatic carbocycles. The van der Waals surface area contributed by atoms with E-state index >= 15 is 0 Å². The van der Waals surface area contributed by atoms with Crippen LogP contribution in [0.5, 0.6) is 0 Å². The second-order valence-electron chi connectivity index (χ2n) is 4.01. The molecule has 0 fully saturated rings. The van der Waals surface area contributed by atoms with E-state index in [0.29, 0.717) is 18.8 Å². The molecule has 0 unspecified atom stereocenters. The van der Waals surface area contributed by atoms with Gasteiger partial charge in [0.2, 0.25) is 0 Å². The molecule has 0 atom stereocenters. The maximum Gasteiger partial charge on any atom is 0.268 e. The third-order valence-corrected chi connectivity index (χ3v) is 2.45. The smallest absolute Gasteiger partial charge is 0.268 e. The van der Waals surface area contributed by atoms with Gasteiger partial charge in [-0.3, -0.25) is 4.79 Å². The Hall–Kier alpha value is -1.04. The average molecular weight is 276 g/mol. The molecule has 0 bridgehead atoms. The van der Waals surface area contributed by atoms with Crippen LogP contribution in [0.3, 0.4) is 0 Å². The average Bonchev–Trinajstić information content (AvgIpc) is 2.62. The van der Waals surface area contributed by atoms with Crippen molar-refractivity contribution in [2.45, 2.75) is 13.8 Å². The number of aromatic amines is 1. The molecule has 0 spiro atoms. The second kappa shape index (κ2) is 8.97. The van der Waals surface area contributed by atoms with Crippen LogP contribution in [0.1, 0.15) is 21.7 Å². The van der Waals surface area contributed by atoms with Gasteiger partial charge in [-0.2, -0.15) is 0 Å². The number of aryl methyl sites for hydroxylation is 2. The molecule has 6 heteroatoms. The summed E-state index contributed by atoms with van der Waals surface area (Å²) >= 11 is 0. The molecule has 0 aliphatic rings. The molecule has 18 heavy (non-hydrogen) atoms. The molecule has 1 aromatic heterocycles. The predicted molar refractivity (Wildman–Crippen MR) is 74.6 cm³/mol. The summed E-state index contributed by atoms with van der Waals surface area (Å²) in [4.78, 5) is 14.8. The number of H-pyrrole nitrogens is 1. The van der Waals surface area contributed by atoms with Crippen LogP contribution in [0.4, 0.5) is 0 Å². The third kappa shape index (κ3) is 5.53. The van der Waals surface area contributed by atoms with Gasteiger partial charge in [0.15, 0.2) is 0 Å². The van der Waals surface area contributed by atoms with Crippen molar-refractivity contribution >= 4 is 18.3 Å². The molecule has 0 aliphatic heterocycles. The minimum atomic E-state index is -0.0517. The number of ether oxygens (including phenoxy) is 1. The zero-order valence-electron chi connectivity index (χ0n) is 11.1. The number of halogens is 1. The van der Waals surface area contributed by atoms with Crippen LogP contribution in [0.15, 0.2) is 6.07 Å². The van der Waals surface area contributed by atoms with Gasteiger partial charge in [0, 0.05) is 32.4 Å². The monoisotopic (exact) mass is 275 g/mol. The molecule has 104 valence electrons. The molecule has 0 saturated carbocycles. The number of hydrogen-bond donors (Lipinski definition) is 3. The van der Waals surface area contributed by atoms with Crippen LogP contribution in [0.2, 0.25) is 0 Å². The summed E-state index contributed by atoms with van der Waals surface area (Å²) in [7, 11) is 1.67. The molecular weight excluding hydrogens is 254 g/mol. The Labute approximate surface area is 114 Å². The summed E-state index contributed by atoms with van der Waals surface area (Å²) in [5.41, 5.74) is 2.64. The molecule has 0 radical (unpaired) electrons. The Bertz CT molecular complexity index is 366. The van der Waals surface area contributed by atoms with E-state index < -0.39 is 0 Å². The maximum atomic E-state index is 11.8. The first-order chi connectivity index (χ1) is 8.15. The third-order valence-electron chi connectivity index (χ3n) is 2.45. The highest BCUT2D eigenvalue weighted by atomic mass is 35.5. The highest BCUT2D eigenvalue weighted by Crippen LogP contribution is 2.08. The van der Waals surface area contributed by atoms with Crippen LogP contribution in [-0.2, 0) is 4.74 Å². The Morgan fingerprint density at radius 2 is 2.06 bits per heavy atom. The number of rotatable bonds is 7. The first kappa shape index (κ1) is 17.0. The van der Waals surface area contributed by atoms with Crippen molar-refractivity contribution in [1.82, 2.24) is 15.6 Å². The Kier molecular flexibility index (Phi) is 8.45. The Morgan fingerprint density at radius 3 is 2.61 bits per heavy atom. The lowest BCUT2D eigenvalue weighted by molar-refractivity contribution is 0.0948. The van der Waals surface area contributed by atoms with Crippen LogP contribution in [0, 0.1) is 13.8 Å². The number of methoxy groups -OCH3 is 1. The number of nitrogens with one attached hydrogen (secondary N) is 3. The molecule has 3 N–H and O–H groups in total. The zero-order chi connectivity index (χ0) is 12.7. The first-order valence-electron chi connectivity index (χ1n) is 5.79. The standard InChI is InChI=1S/C12H21N3O2.ClH/c1-9-8-10(2)15-11(9)12(16)14-5-4-13-6-7-17-3;/h8,13,15H,4-7H2,1-3H3,(H,14,16);1H. The van der Waals surface area contributed by atoms with Crippen molar-refractivity contribution in [3.05, 3.63) is 23.0 Å². The van der Waals surface area contributed by atoms with E-state index in [-0.39, 0.29) is 18.3 Å². The summed E-state index contributed by atoms with van der Waals surface area (Å²) in [5, 5.41) is 6.02. The molecule has 0 saturated heterocycles. The van der Waals surface area contributed by atoms with Crippen molar-refractivity contribution in [1.29, 1.82) is 0 Å². The van der Waals surface area contributed by atoms with Gasteiger partial charge < -0.3 is 20.4 Å². The van der Waals surface area contributed by atoms with Crippen molar-refractivity contribution in [2.24, 2.45) is 0 Å². The van der Waals surface area contributed by atoms with Crippen LogP contribution in [-0.4, -0.2) is 44.2 Å². The number of aromatic nitrogens is 1. The molecule has 5 nitrogen and oxygen atoms in total. The van der Waals surface area contributed by atoms with Gasteiger partial charge in [0.05, 0.1) is 6.61 Å². The van der Waals surface area contributed by atoms with E-state index in [1.807, 2.05) is 19.9 Å². The van der Waals surface area contributed by atoms with Crippen molar-refractivity contribution in [2.75, 3.05) is 33.4 Å². The van der Waals surface area contributed by atoms with Gasteiger partial charge in [0.25, 0.3) is 5.91 Å². The van der Waals surface area contributed by atoms with E-state index in [1.54, 1.807) is 7.11 Å². The van der Waals surface area contributed by atoms with E-state index in [1.165, 1.54) is 0 Å². The van der Waals surface area contributed by atoms with Gasteiger partial charge in [-0.1, -0.05) is 0 Å². The highest BCUT2D eigenvalue weighted by molar-refractivity contribution is 5.93. The zero-order valence-corrected chi connectivity index (χ0v) is 11.9.